The Morgan fingerprint density at radius 3 is 2.68 bits per heavy atom. The van der Waals surface area contributed by atoms with Crippen molar-refractivity contribution in [2.24, 2.45) is 5.92 Å². The third-order valence-electron chi connectivity index (χ3n) is 4.31. The highest BCUT2D eigenvalue weighted by atomic mass is 16.2. The van der Waals surface area contributed by atoms with Gasteiger partial charge in [0.15, 0.2) is 0 Å². The van der Waals surface area contributed by atoms with Gasteiger partial charge >= 0.3 is 0 Å². The minimum Gasteiger partial charge on any atom is -0.343 e. The Hall–Kier alpha value is -3.14. The Morgan fingerprint density at radius 2 is 2.04 bits per heavy atom. The number of anilines is 1. The second-order valence-corrected chi connectivity index (χ2v) is 6.16. The molecule has 2 N–H and O–H groups in total. The Morgan fingerprint density at radius 1 is 1.32 bits per heavy atom. The van der Waals surface area contributed by atoms with E-state index in [1.54, 1.807) is 36.5 Å². The molecule has 7 nitrogen and oxygen atoms in total. The van der Waals surface area contributed by atoms with E-state index in [0.717, 1.165) is 0 Å². The largest absolute Gasteiger partial charge is 0.343 e. The van der Waals surface area contributed by atoms with Gasteiger partial charge in [-0.25, -0.2) is 4.68 Å². The summed E-state index contributed by atoms with van der Waals surface area (Å²) in [7, 11) is 0. The predicted molar refractivity (Wildman–Crippen MR) is 91.8 cm³/mol. The van der Waals surface area contributed by atoms with E-state index in [0.29, 0.717) is 22.9 Å². The monoisotopic (exact) mass is 337 g/mol. The molecule has 25 heavy (non-hydrogen) atoms. The van der Waals surface area contributed by atoms with Crippen molar-refractivity contribution < 1.29 is 9.59 Å². The summed E-state index contributed by atoms with van der Waals surface area (Å²) in [4.78, 5) is 24.1. The van der Waals surface area contributed by atoms with Gasteiger partial charge in [-0.1, -0.05) is 0 Å². The van der Waals surface area contributed by atoms with E-state index in [9.17, 15) is 9.59 Å². The number of nitrogens with one attached hydrogen (secondary N) is 2. The van der Waals surface area contributed by atoms with Crippen LogP contribution in [0, 0.1) is 17.2 Å². The normalized spacial score (nSPS) is 14.4. The van der Waals surface area contributed by atoms with Crippen LogP contribution in [0.2, 0.25) is 0 Å². The second-order valence-electron chi connectivity index (χ2n) is 6.16. The van der Waals surface area contributed by atoms with Gasteiger partial charge in [0.25, 0.3) is 5.91 Å². The summed E-state index contributed by atoms with van der Waals surface area (Å²) in [6, 6.07) is 10.2. The quantitative estimate of drug-likeness (QED) is 0.843. The standard InChI is InChI=1S/C18H19N5O2/c1-12(14-6-7-14)23-16(8-9-21-23)22-17(24)11-20-18(25)15-4-2-13(10-19)3-5-15/h2-5,8-9,12,14H,6-7,11H2,1H3,(H,20,25)(H,22,24). The van der Waals surface area contributed by atoms with Crippen LogP contribution >= 0.6 is 0 Å². The van der Waals surface area contributed by atoms with Crippen molar-refractivity contribution in [3.8, 4) is 6.07 Å². The molecule has 128 valence electrons. The zero-order valence-corrected chi connectivity index (χ0v) is 13.9. The lowest BCUT2D eigenvalue weighted by Crippen LogP contribution is -2.33. The number of nitriles is 1. The van der Waals surface area contributed by atoms with Crippen molar-refractivity contribution in [2.45, 2.75) is 25.8 Å². The van der Waals surface area contributed by atoms with Gasteiger partial charge in [-0.3, -0.25) is 9.59 Å². The molecule has 1 aromatic heterocycles. The fraction of sp³-hybridized carbons (Fsp3) is 0.333. The number of nitrogens with zero attached hydrogens (tertiary/aromatic N) is 3. The average Bonchev–Trinajstić information content (AvgIpc) is 3.39. The second kappa shape index (κ2) is 7.18. The van der Waals surface area contributed by atoms with Crippen LogP contribution in [0.15, 0.2) is 36.5 Å². The van der Waals surface area contributed by atoms with Gasteiger partial charge in [0.1, 0.15) is 5.82 Å². The molecular weight excluding hydrogens is 318 g/mol. The molecule has 2 aromatic rings. The molecular formula is C18H19N5O2. The first-order chi connectivity index (χ1) is 12.1. The first kappa shape index (κ1) is 16.7. The highest BCUT2D eigenvalue weighted by Gasteiger charge is 2.30. The van der Waals surface area contributed by atoms with E-state index in [-0.39, 0.29) is 24.4 Å². The highest BCUT2D eigenvalue weighted by molar-refractivity contribution is 5.99. The maximum Gasteiger partial charge on any atom is 0.251 e. The number of amides is 2. The lowest BCUT2D eigenvalue weighted by atomic mass is 10.1. The van der Waals surface area contributed by atoms with Gasteiger partial charge < -0.3 is 10.6 Å². The van der Waals surface area contributed by atoms with E-state index in [4.69, 9.17) is 5.26 Å². The molecule has 0 aliphatic heterocycles. The number of aromatic nitrogens is 2. The van der Waals surface area contributed by atoms with Gasteiger partial charge in [-0.15, -0.1) is 0 Å². The van der Waals surface area contributed by atoms with Crippen LogP contribution in [0.3, 0.4) is 0 Å². The van der Waals surface area contributed by atoms with Gasteiger partial charge in [-0.05, 0) is 49.9 Å². The first-order valence-corrected chi connectivity index (χ1v) is 8.20. The summed E-state index contributed by atoms with van der Waals surface area (Å²) in [6.07, 6.45) is 4.04. The minimum atomic E-state index is -0.362. The van der Waals surface area contributed by atoms with Crippen LogP contribution in [0.4, 0.5) is 5.82 Å². The van der Waals surface area contributed by atoms with E-state index in [1.165, 1.54) is 12.8 Å². The zero-order chi connectivity index (χ0) is 17.8. The van der Waals surface area contributed by atoms with Crippen LogP contribution in [-0.4, -0.2) is 28.1 Å². The van der Waals surface area contributed by atoms with Gasteiger partial charge in [0, 0.05) is 11.6 Å². The van der Waals surface area contributed by atoms with Gasteiger partial charge in [0.2, 0.25) is 5.91 Å². The van der Waals surface area contributed by atoms with Crippen LogP contribution in [0.25, 0.3) is 0 Å². The van der Waals surface area contributed by atoms with Crippen LogP contribution < -0.4 is 10.6 Å². The predicted octanol–water partition coefficient (Wildman–Crippen LogP) is 2.09. The maximum absolute atomic E-state index is 12.1. The number of hydrogen-bond acceptors (Lipinski definition) is 4. The van der Waals surface area contributed by atoms with Gasteiger partial charge in [0.05, 0.1) is 30.4 Å². The third-order valence-corrected chi connectivity index (χ3v) is 4.31. The number of carbonyl (C=O) groups excluding carboxylic acids is 2. The maximum atomic E-state index is 12.1. The van der Waals surface area contributed by atoms with Crippen molar-refractivity contribution >= 4 is 17.6 Å². The number of hydrogen-bond donors (Lipinski definition) is 2. The summed E-state index contributed by atoms with van der Waals surface area (Å²) in [5.74, 6) is 0.579. The zero-order valence-electron chi connectivity index (χ0n) is 13.9. The topological polar surface area (TPSA) is 99.8 Å². The Balaban J connectivity index is 1.53. The summed E-state index contributed by atoms with van der Waals surface area (Å²) < 4.78 is 1.82. The van der Waals surface area contributed by atoms with Crippen LogP contribution in [-0.2, 0) is 4.79 Å². The minimum absolute atomic E-state index is 0.137. The molecule has 1 atom stereocenters. The lowest BCUT2D eigenvalue weighted by molar-refractivity contribution is -0.115. The van der Waals surface area contributed by atoms with Crippen molar-refractivity contribution in [1.29, 1.82) is 5.26 Å². The molecule has 1 aliphatic rings. The molecule has 0 bridgehead atoms. The lowest BCUT2D eigenvalue weighted by Gasteiger charge is -2.15. The Labute approximate surface area is 145 Å². The van der Waals surface area contributed by atoms with E-state index < -0.39 is 0 Å². The van der Waals surface area contributed by atoms with E-state index in [2.05, 4.69) is 22.7 Å². The molecule has 1 aliphatic carbocycles. The SMILES string of the molecule is CC(C1CC1)n1nccc1NC(=O)CNC(=O)c1ccc(C#N)cc1. The van der Waals surface area contributed by atoms with Gasteiger partial charge in [-0.2, -0.15) is 10.4 Å². The fourth-order valence-corrected chi connectivity index (χ4v) is 2.66. The molecule has 0 spiro atoms. The van der Waals surface area contributed by atoms with Crippen LogP contribution in [0.1, 0.15) is 41.7 Å². The molecule has 0 saturated heterocycles. The third kappa shape index (κ3) is 4.04. The summed E-state index contributed by atoms with van der Waals surface area (Å²) in [5, 5.41) is 18.4. The molecule has 7 heteroatoms. The molecule has 1 saturated carbocycles. The van der Waals surface area contributed by atoms with Crippen molar-refractivity contribution in [2.75, 3.05) is 11.9 Å². The van der Waals surface area contributed by atoms with Crippen LogP contribution in [0.5, 0.6) is 0 Å². The number of carbonyl (C=O) groups is 2. The molecule has 1 unspecified atom stereocenters. The van der Waals surface area contributed by atoms with E-state index >= 15 is 0 Å². The highest BCUT2D eigenvalue weighted by Crippen LogP contribution is 2.40. The van der Waals surface area contributed by atoms with Crippen molar-refractivity contribution in [1.82, 2.24) is 15.1 Å². The average molecular weight is 337 g/mol. The van der Waals surface area contributed by atoms with E-state index in [1.807, 2.05) is 10.8 Å². The van der Waals surface area contributed by atoms with Crippen molar-refractivity contribution in [3.05, 3.63) is 47.7 Å². The summed E-state index contributed by atoms with van der Waals surface area (Å²) in [6.45, 7) is 1.95. The fourth-order valence-electron chi connectivity index (χ4n) is 2.66. The Kier molecular flexibility index (Phi) is 4.80. The number of rotatable bonds is 6. The molecule has 1 aromatic carbocycles. The Bertz CT molecular complexity index is 815. The number of benzene rings is 1. The molecule has 3 rings (SSSR count). The summed E-state index contributed by atoms with van der Waals surface area (Å²) in [5.41, 5.74) is 0.881. The molecule has 2 amide bonds. The molecule has 0 radical (unpaired) electrons. The summed E-state index contributed by atoms with van der Waals surface area (Å²) >= 11 is 0. The van der Waals surface area contributed by atoms with Crippen molar-refractivity contribution in [3.63, 3.8) is 0 Å². The molecule has 1 heterocycles. The smallest absolute Gasteiger partial charge is 0.251 e. The molecule has 1 fully saturated rings. The first-order valence-electron chi connectivity index (χ1n) is 8.20.